The van der Waals surface area contributed by atoms with Crippen molar-refractivity contribution in [3.63, 3.8) is 0 Å². The van der Waals surface area contributed by atoms with Crippen LogP contribution in [0.2, 0.25) is 0 Å². The van der Waals surface area contributed by atoms with Crippen molar-refractivity contribution < 1.29 is 4.74 Å². The molecule has 0 heterocycles. The molecular formula is C24H36O. The lowest BCUT2D eigenvalue weighted by Gasteiger charge is -2.54. The Morgan fingerprint density at radius 2 is 1.92 bits per heavy atom. The summed E-state index contributed by atoms with van der Waals surface area (Å²) in [6, 6.07) is 0. The Bertz CT molecular complexity index is 638. The van der Waals surface area contributed by atoms with E-state index in [2.05, 4.69) is 45.9 Å². The Balaban J connectivity index is 1.70. The predicted molar refractivity (Wildman–Crippen MR) is 105 cm³/mol. The van der Waals surface area contributed by atoms with Crippen molar-refractivity contribution >= 4 is 0 Å². The highest BCUT2D eigenvalue weighted by molar-refractivity contribution is 5.44. The van der Waals surface area contributed by atoms with Gasteiger partial charge in [0.1, 0.15) is 0 Å². The molecule has 1 nitrogen and oxygen atoms in total. The standard InChI is InChI=1S/C24H36O/c1-6-16(2)20-9-10-21-19-8-7-17-15-18(25-5)11-13-23(17,3)22(19)12-14-24(20,21)4/h7-8,15-16,20-22H,6,9-14H2,1-5H3. The van der Waals surface area contributed by atoms with E-state index in [0.717, 1.165) is 30.1 Å². The second-order valence-electron chi connectivity index (χ2n) is 9.74. The number of hydrogen-bond acceptors (Lipinski definition) is 1. The fourth-order valence-corrected chi connectivity index (χ4v) is 7.07. The molecule has 0 aliphatic heterocycles. The monoisotopic (exact) mass is 340 g/mol. The summed E-state index contributed by atoms with van der Waals surface area (Å²) in [5.41, 5.74) is 4.20. The van der Waals surface area contributed by atoms with E-state index in [1.165, 1.54) is 49.9 Å². The fourth-order valence-electron chi connectivity index (χ4n) is 7.07. The first-order valence-electron chi connectivity index (χ1n) is 10.6. The lowest BCUT2D eigenvalue weighted by Crippen LogP contribution is -2.45. The Labute approximate surface area is 154 Å². The van der Waals surface area contributed by atoms with Crippen LogP contribution in [0.3, 0.4) is 0 Å². The molecular weight excluding hydrogens is 304 g/mol. The zero-order valence-electron chi connectivity index (χ0n) is 16.9. The third-order valence-corrected chi connectivity index (χ3v) is 8.87. The number of hydrogen-bond donors (Lipinski definition) is 0. The summed E-state index contributed by atoms with van der Waals surface area (Å²) in [4.78, 5) is 0. The van der Waals surface area contributed by atoms with Crippen molar-refractivity contribution in [1.82, 2.24) is 0 Å². The molecule has 2 saturated carbocycles. The maximum atomic E-state index is 5.56. The van der Waals surface area contributed by atoms with E-state index < -0.39 is 0 Å². The molecule has 0 spiro atoms. The fraction of sp³-hybridized carbons (Fsp3) is 0.750. The van der Waals surface area contributed by atoms with Crippen LogP contribution >= 0.6 is 0 Å². The topological polar surface area (TPSA) is 9.23 Å². The van der Waals surface area contributed by atoms with Crippen LogP contribution in [0.5, 0.6) is 0 Å². The molecule has 138 valence electrons. The molecule has 0 amide bonds. The van der Waals surface area contributed by atoms with Crippen LogP contribution < -0.4 is 0 Å². The predicted octanol–water partition coefficient (Wildman–Crippen LogP) is 6.67. The Morgan fingerprint density at radius 1 is 1.12 bits per heavy atom. The second kappa shape index (κ2) is 6.03. The van der Waals surface area contributed by atoms with Gasteiger partial charge in [0.25, 0.3) is 0 Å². The number of fused-ring (bicyclic) bond motifs is 5. The Hall–Kier alpha value is -0.980. The van der Waals surface area contributed by atoms with Gasteiger partial charge in [0.15, 0.2) is 0 Å². The molecule has 6 atom stereocenters. The van der Waals surface area contributed by atoms with Crippen LogP contribution in [-0.4, -0.2) is 7.11 Å². The summed E-state index contributed by atoms with van der Waals surface area (Å²) in [6.45, 7) is 10.0. The molecule has 1 heteroatoms. The summed E-state index contributed by atoms with van der Waals surface area (Å²) in [5, 5.41) is 0. The van der Waals surface area contributed by atoms with Gasteiger partial charge < -0.3 is 4.74 Å². The summed E-state index contributed by atoms with van der Waals surface area (Å²) in [5.74, 6) is 4.55. The smallest absolute Gasteiger partial charge is 0.0958 e. The quantitative estimate of drug-likeness (QED) is 0.557. The molecule has 0 aromatic rings. The average Bonchev–Trinajstić information content (AvgIpc) is 2.97. The lowest BCUT2D eigenvalue weighted by atomic mass is 9.50. The molecule has 4 aliphatic carbocycles. The third-order valence-electron chi connectivity index (χ3n) is 8.87. The van der Waals surface area contributed by atoms with Gasteiger partial charge in [0, 0.05) is 6.42 Å². The van der Waals surface area contributed by atoms with Crippen molar-refractivity contribution in [3.05, 3.63) is 35.1 Å². The minimum Gasteiger partial charge on any atom is -0.501 e. The number of methoxy groups -OCH3 is 1. The zero-order valence-corrected chi connectivity index (χ0v) is 16.9. The maximum absolute atomic E-state index is 5.56. The summed E-state index contributed by atoms with van der Waals surface area (Å²) < 4.78 is 5.56. The highest BCUT2D eigenvalue weighted by Gasteiger charge is 2.56. The third kappa shape index (κ3) is 2.41. The van der Waals surface area contributed by atoms with E-state index >= 15 is 0 Å². The van der Waals surface area contributed by atoms with Crippen molar-refractivity contribution in [2.75, 3.05) is 7.11 Å². The van der Waals surface area contributed by atoms with Crippen molar-refractivity contribution in [2.24, 2.45) is 34.5 Å². The minimum absolute atomic E-state index is 0.335. The summed E-state index contributed by atoms with van der Waals surface area (Å²) in [7, 11) is 1.82. The normalized spacial score (nSPS) is 43.9. The van der Waals surface area contributed by atoms with Gasteiger partial charge in [0.05, 0.1) is 12.9 Å². The van der Waals surface area contributed by atoms with Gasteiger partial charge in [-0.05, 0) is 78.3 Å². The molecule has 25 heavy (non-hydrogen) atoms. The lowest BCUT2D eigenvalue weighted by molar-refractivity contribution is 0.0521. The van der Waals surface area contributed by atoms with Gasteiger partial charge in [-0.15, -0.1) is 0 Å². The highest BCUT2D eigenvalue weighted by atomic mass is 16.5. The molecule has 2 fully saturated rings. The second-order valence-corrected chi connectivity index (χ2v) is 9.74. The van der Waals surface area contributed by atoms with E-state index in [0.29, 0.717) is 10.8 Å². The van der Waals surface area contributed by atoms with Crippen LogP contribution in [0.4, 0.5) is 0 Å². The molecule has 0 radical (unpaired) electrons. The largest absolute Gasteiger partial charge is 0.501 e. The van der Waals surface area contributed by atoms with Gasteiger partial charge in [-0.2, -0.15) is 0 Å². The van der Waals surface area contributed by atoms with Crippen LogP contribution in [0, 0.1) is 34.5 Å². The minimum atomic E-state index is 0.335. The van der Waals surface area contributed by atoms with Gasteiger partial charge in [-0.1, -0.05) is 51.8 Å². The van der Waals surface area contributed by atoms with Gasteiger partial charge in [-0.3, -0.25) is 0 Å². The molecule has 0 bridgehead atoms. The molecule has 4 aliphatic rings. The van der Waals surface area contributed by atoms with E-state index in [1.54, 1.807) is 5.57 Å². The molecule has 0 aromatic heterocycles. The van der Waals surface area contributed by atoms with Crippen LogP contribution in [0.15, 0.2) is 35.1 Å². The molecule has 0 aromatic carbocycles. The first kappa shape index (κ1) is 17.4. The number of rotatable bonds is 3. The summed E-state index contributed by atoms with van der Waals surface area (Å²) >= 11 is 0. The van der Waals surface area contributed by atoms with E-state index in [1.807, 2.05) is 7.11 Å². The zero-order chi connectivity index (χ0) is 17.8. The SMILES string of the molecule is CCC(C)C1CCC2C3=CC=C4C=C(OC)CCC4(C)C3CCC21C. The van der Waals surface area contributed by atoms with Crippen molar-refractivity contribution in [3.8, 4) is 0 Å². The highest BCUT2D eigenvalue weighted by Crippen LogP contribution is 2.65. The maximum Gasteiger partial charge on any atom is 0.0958 e. The van der Waals surface area contributed by atoms with E-state index in [4.69, 9.17) is 4.74 Å². The van der Waals surface area contributed by atoms with Crippen LogP contribution in [0.25, 0.3) is 0 Å². The molecule has 0 N–H and O–H groups in total. The van der Waals surface area contributed by atoms with E-state index in [9.17, 15) is 0 Å². The Kier molecular flexibility index (Phi) is 4.21. The van der Waals surface area contributed by atoms with Gasteiger partial charge in [-0.25, -0.2) is 0 Å². The number of ether oxygens (including phenoxy) is 1. The van der Waals surface area contributed by atoms with Crippen LogP contribution in [0.1, 0.15) is 72.6 Å². The van der Waals surface area contributed by atoms with Gasteiger partial charge in [0.2, 0.25) is 0 Å². The number of allylic oxidation sites excluding steroid dienone is 6. The van der Waals surface area contributed by atoms with E-state index in [-0.39, 0.29) is 0 Å². The molecule has 4 rings (SSSR count). The van der Waals surface area contributed by atoms with Crippen molar-refractivity contribution in [2.45, 2.75) is 72.6 Å². The van der Waals surface area contributed by atoms with Crippen molar-refractivity contribution in [1.29, 1.82) is 0 Å². The summed E-state index contributed by atoms with van der Waals surface area (Å²) in [6.07, 6.45) is 16.7. The average molecular weight is 341 g/mol. The molecule has 6 unspecified atom stereocenters. The molecule has 0 saturated heterocycles. The van der Waals surface area contributed by atoms with Gasteiger partial charge >= 0.3 is 0 Å². The first-order chi connectivity index (χ1) is 11.9. The first-order valence-corrected chi connectivity index (χ1v) is 10.6. The van der Waals surface area contributed by atoms with Crippen LogP contribution in [-0.2, 0) is 4.74 Å². The Morgan fingerprint density at radius 3 is 2.64 bits per heavy atom.